The summed E-state index contributed by atoms with van der Waals surface area (Å²) in [6.45, 7) is 2.29. The number of hydrogen-bond donors (Lipinski definition) is 2. The Bertz CT molecular complexity index is 1010. The van der Waals surface area contributed by atoms with E-state index in [2.05, 4.69) is 0 Å². The van der Waals surface area contributed by atoms with Gasteiger partial charge in [0.15, 0.2) is 0 Å². The lowest BCUT2D eigenvalue weighted by atomic mass is 9.91. The van der Waals surface area contributed by atoms with Crippen LogP contribution in [0.3, 0.4) is 0 Å². The molecule has 32 heavy (non-hydrogen) atoms. The Morgan fingerprint density at radius 3 is 2.41 bits per heavy atom. The molecule has 0 amide bonds. The van der Waals surface area contributed by atoms with Crippen LogP contribution in [0.25, 0.3) is 0 Å². The predicted octanol–water partition coefficient (Wildman–Crippen LogP) is 6.62. The number of aryl methyl sites for hydroxylation is 1. The highest BCUT2D eigenvalue weighted by molar-refractivity contribution is 7.99. The number of nitrogens with two attached hydrogens (primary N) is 1. The third-order valence-electron chi connectivity index (χ3n) is 4.86. The number of carboxylic acid groups (broad SMARTS) is 1. The van der Waals surface area contributed by atoms with Crippen molar-refractivity contribution in [1.82, 2.24) is 0 Å². The molecule has 0 spiro atoms. The van der Waals surface area contributed by atoms with Gasteiger partial charge in [-0.05, 0) is 61.2 Å². The molecule has 170 valence electrons. The molecule has 0 aliphatic carbocycles. The summed E-state index contributed by atoms with van der Waals surface area (Å²) in [7, 11) is 0. The van der Waals surface area contributed by atoms with E-state index in [9.17, 15) is 4.79 Å². The Balaban J connectivity index is 0.00000363. The van der Waals surface area contributed by atoms with E-state index >= 15 is 0 Å². The highest BCUT2D eigenvalue weighted by Gasteiger charge is 2.22. The van der Waals surface area contributed by atoms with Crippen LogP contribution < -0.4 is 10.5 Å². The van der Waals surface area contributed by atoms with Crippen LogP contribution in [-0.2, 0) is 17.8 Å². The zero-order valence-electron chi connectivity index (χ0n) is 17.8. The van der Waals surface area contributed by atoms with Crippen molar-refractivity contribution < 1.29 is 14.6 Å². The molecule has 1 atom stereocenters. The van der Waals surface area contributed by atoms with Crippen molar-refractivity contribution in [2.45, 2.75) is 48.1 Å². The van der Waals surface area contributed by atoms with Gasteiger partial charge < -0.3 is 15.6 Å². The Morgan fingerprint density at radius 1 is 1.06 bits per heavy atom. The Morgan fingerprint density at radius 2 is 1.75 bits per heavy atom. The third-order valence-corrected chi connectivity index (χ3v) is 6.49. The van der Waals surface area contributed by atoms with Gasteiger partial charge >= 0.3 is 5.97 Å². The topological polar surface area (TPSA) is 72.5 Å². The molecule has 4 nitrogen and oxygen atoms in total. The summed E-state index contributed by atoms with van der Waals surface area (Å²) in [6, 6.07) is 23.9. The average Bonchev–Trinajstić information content (AvgIpc) is 2.74. The maximum atomic E-state index is 11.0. The van der Waals surface area contributed by atoms with Crippen LogP contribution >= 0.6 is 35.8 Å². The van der Waals surface area contributed by atoms with Crippen LogP contribution in [0.5, 0.6) is 5.75 Å². The van der Waals surface area contributed by atoms with E-state index in [1.807, 2.05) is 72.8 Å². The maximum absolute atomic E-state index is 11.0. The number of ether oxygens (including phenoxy) is 1. The molecule has 7 heteroatoms. The Kier molecular flexibility index (Phi) is 9.91. The summed E-state index contributed by atoms with van der Waals surface area (Å²) in [4.78, 5) is 13.0. The quantitative estimate of drug-likeness (QED) is 0.333. The molecule has 1 unspecified atom stereocenters. The number of aliphatic carboxylic acids is 1. The van der Waals surface area contributed by atoms with Crippen molar-refractivity contribution in [3.05, 3.63) is 88.9 Å². The summed E-state index contributed by atoms with van der Waals surface area (Å²) in [5.41, 5.74) is 7.44. The molecular formula is C25H27Cl2NO3S. The molecule has 3 rings (SSSR count). The van der Waals surface area contributed by atoms with Crippen molar-refractivity contribution in [2.24, 2.45) is 5.73 Å². The Hall–Kier alpha value is -2.18. The van der Waals surface area contributed by atoms with Gasteiger partial charge in [0.2, 0.25) is 0 Å². The molecule has 0 heterocycles. The minimum Gasteiger partial charge on any atom is -0.489 e. The monoisotopic (exact) mass is 491 g/mol. The number of carboxylic acids is 1. The van der Waals surface area contributed by atoms with Gasteiger partial charge in [0.05, 0.1) is 11.4 Å². The van der Waals surface area contributed by atoms with Crippen LogP contribution in [0.15, 0.2) is 82.6 Å². The standard InChI is InChI=1S/C25H26ClNO3S.ClH/c1-25(27,16-23(28)29)15-14-19-8-5-9-22(24(19)26)31-21-12-10-20(11-13-21)30-17-18-6-3-2-4-7-18;/h2-13H,14-17,27H2,1H3,(H,28,29);1H. The van der Waals surface area contributed by atoms with Crippen LogP contribution in [-0.4, -0.2) is 16.6 Å². The third kappa shape index (κ3) is 8.06. The number of rotatable bonds is 10. The van der Waals surface area contributed by atoms with Crippen molar-refractivity contribution in [3.8, 4) is 5.75 Å². The first-order valence-corrected chi connectivity index (χ1v) is 11.2. The van der Waals surface area contributed by atoms with E-state index in [1.165, 1.54) is 0 Å². The van der Waals surface area contributed by atoms with Crippen LogP contribution in [0.1, 0.15) is 30.9 Å². The van der Waals surface area contributed by atoms with Gasteiger partial charge in [0.1, 0.15) is 12.4 Å². The van der Waals surface area contributed by atoms with E-state index in [4.69, 9.17) is 27.2 Å². The molecule has 3 aromatic rings. The van der Waals surface area contributed by atoms with E-state index < -0.39 is 11.5 Å². The molecule has 0 fully saturated rings. The summed E-state index contributed by atoms with van der Waals surface area (Å²) >= 11 is 8.22. The minimum absolute atomic E-state index is 0. The maximum Gasteiger partial charge on any atom is 0.305 e. The molecule has 0 saturated carbocycles. The molecule has 0 radical (unpaired) electrons. The summed E-state index contributed by atoms with van der Waals surface area (Å²) in [5.74, 6) is -0.0784. The molecular weight excluding hydrogens is 465 g/mol. The molecule has 0 aliphatic heterocycles. The van der Waals surface area contributed by atoms with Gasteiger partial charge in [0, 0.05) is 15.3 Å². The predicted molar refractivity (Wildman–Crippen MR) is 133 cm³/mol. The number of carbonyl (C=O) groups is 1. The number of halogens is 2. The minimum atomic E-state index is -0.892. The first-order valence-electron chi connectivity index (χ1n) is 10.1. The lowest BCUT2D eigenvalue weighted by Crippen LogP contribution is -2.39. The van der Waals surface area contributed by atoms with Gasteiger partial charge in [-0.3, -0.25) is 4.79 Å². The largest absolute Gasteiger partial charge is 0.489 e. The zero-order valence-corrected chi connectivity index (χ0v) is 20.2. The van der Waals surface area contributed by atoms with E-state index in [0.717, 1.165) is 26.7 Å². The van der Waals surface area contributed by atoms with Crippen molar-refractivity contribution in [1.29, 1.82) is 0 Å². The highest BCUT2D eigenvalue weighted by atomic mass is 35.5. The molecule has 0 bridgehead atoms. The fourth-order valence-electron chi connectivity index (χ4n) is 3.15. The summed E-state index contributed by atoms with van der Waals surface area (Å²) in [6.07, 6.45) is 1.10. The molecule has 0 aliphatic rings. The lowest BCUT2D eigenvalue weighted by Gasteiger charge is -2.22. The lowest BCUT2D eigenvalue weighted by molar-refractivity contribution is -0.138. The summed E-state index contributed by atoms with van der Waals surface area (Å²) in [5, 5.41) is 9.69. The van der Waals surface area contributed by atoms with Gasteiger partial charge in [0.25, 0.3) is 0 Å². The molecule has 3 aromatic carbocycles. The van der Waals surface area contributed by atoms with Gasteiger partial charge in [-0.15, -0.1) is 12.4 Å². The first-order chi connectivity index (χ1) is 14.8. The van der Waals surface area contributed by atoms with E-state index in [-0.39, 0.29) is 18.8 Å². The SMILES string of the molecule is CC(N)(CCc1cccc(Sc2ccc(OCc3ccccc3)cc2)c1Cl)CC(=O)O.Cl. The van der Waals surface area contributed by atoms with Crippen molar-refractivity contribution in [3.63, 3.8) is 0 Å². The van der Waals surface area contributed by atoms with Crippen molar-refractivity contribution >= 4 is 41.7 Å². The Labute approximate surface area is 204 Å². The first kappa shape index (κ1) is 26.1. The zero-order chi connectivity index (χ0) is 22.3. The second kappa shape index (κ2) is 12.2. The van der Waals surface area contributed by atoms with Gasteiger partial charge in [-0.25, -0.2) is 0 Å². The van der Waals surface area contributed by atoms with Crippen molar-refractivity contribution in [2.75, 3.05) is 0 Å². The molecule has 0 aromatic heterocycles. The summed E-state index contributed by atoms with van der Waals surface area (Å²) < 4.78 is 5.84. The molecule has 3 N–H and O–H groups in total. The van der Waals surface area contributed by atoms with Gasteiger partial charge in [-0.1, -0.05) is 65.8 Å². The average molecular weight is 492 g/mol. The fraction of sp³-hybridized carbons (Fsp3) is 0.240. The second-order valence-electron chi connectivity index (χ2n) is 7.80. The smallest absolute Gasteiger partial charge is 0.305 e. The van der Waals surface area contributed by atoms with Crippen LogP contribution in [0.4, 0.5) is 0 Å². The molecule has 0 saturated heterocycles. The number of benzene rings is 3. The van der Waals surface area contributed by atoms with Crippen LogP contribution in [0.2, 0.25) is 5.02 Å². The van der Waals surface area contributed by atoms with E-state index in [1.54, 1.807) is 18.7 Å². The van der Waals surface area contributed by atoms with Crippen LogP contribution in [0, 0.1) is 0 Å². The second-order valence-corrected chi connectivity index (χ2v) is 9.29. The highest BCUT2D eigenvalue weighted by Crippen LogP contribution is 2.36. The normalized spacial score (nSPS) is 12.5. The number of hydrogen-bond acceptors (Lipinski definition) is 4. The van der Waals surface area contributed by atoms with E-state index in [0.29, 0.717) is 24.5 Å². The van der Waals surface area contributed by atoms with Gasteiger partial charge in [-0.2, -0.15) is 0 Å². The fourth-order valence-corrected chi connectivity index (χ4v) is 4.38.